The zero-order chi connectivity index (χ0) is 14.8. The van der Waals surface area contributed by atoms with Crippen LogP contribution in [0.3, 0.4) is 0 Å². The van der Waals surface area contributed by atoms with Crippen molar-refractivity contribution in [3.63, 3.8) is 0 Å². The number of fused-ring (bicyclic) bond motifs is 1. The zero-order valence-electron chi connectivity index (χ0n) is 12.2. The predicted octanol–water partition coefficient (Wildman–Crippen LogP) is 1.62. The highest BCUT2D eigenvalue weighted by Gasteiger charge is 2.16. The summed E-state index contributed by atoms with van der Waals surface area (Å²) in [5, 5.41) is 4.35. The Hall–Kier alpha value is -2.31. The van der Waals surface area contributed by atoms with E-state index in [9.17, 15) is 0 Å². The molecule has 0 spiro atoms. The van der Waals surface area contributed by atoms with Crippen LogP contribution in [0.15, 0.2) is 42.9 Å². The van der Waals surface area contributed by atoms with E-state index >= 15 is 0 Å². The summed E-state index contributed by atoms with van der Waals surface area (Å²) >= 11 is 0. The quantitative estimate of drug-likeness (QED) is 0.735. The molecule has 1 aliphatic heterocycles. The summed E-state index contributed by atoms with van der Waals surface area (Å²) in [6.45, 7) is 4.30. The number of ether oxygens (including phenoxy) is 1. The number of morpholine rings is 1. The topological polar surface area (TPSA) is 55.5 Å². The Bertz CT molecular complexity index is 765. The summed E-state index contributed by atoms with van der Waals surface area (Å²) in [4.78, 5) is 11.4. The summed E-state index contributed by atoms with van der Waals surface area (Å²) in [6, 6.07) is 10.1. The fourth-order valence-corrected chi connectivity index (χ4v) is 2.76. The Labute approximate surface area is 128 Å². The van der Waals surface area contributed by atoms with Gasteiger partial charge in [-0.2, -0.15) is 9.61 Å². The first kappa shape index (κ1) is 13.4. The third-order valence-corrected chi connectivity index (χ3v) is 3.91. The van der Waals surface area contributed by atoms with E-state index in [2.05, 4.69) is 20.0 Å². The van der Waals surface area contributed by atoms with Crippen molar-refractivity contribution in [1.82, 2.24) is 24.5 Å². The van der Waals surface area contributed by atoms with Crippen molar-refractivity contribution >= 4 is 5.65 Å². The van der Waals surface area contributed by atoms with Gasteiger partial charge in [0.15, 0.2) is 11.5 Å². The van der Waals surface area contributed by atoms with Gasteiger partial charge in [0.2, 0.25) is 0 Å². The van der Waals surface area contributed by atoms with Crippen molar-refractivity contribution in [2.45, 2.75) is 6.54 Å². The van der Waals surface area contributed by atoms with Gasteiger partial charge in [0.1, 0.15) is 6.33 Å². The zero-order valence-corrected chi connectivity index (χ0v) is 12.2. The van der Waals surface area contributed by atoms with E-state index in [-0.39, 0.29) is 0 Å². The molecule has 112 valence electrons. The van der Waals surface area contributed by atoms with Crippen LogP contribution in [0.2, 0.25) is 0 Å². The van der Waals surface area contributed by atoms with Crippen LogP contribution in [0.4, 0.5) is 0 Å². The van der Waals surface area contributed by atoms with Crippen molar-refractivity contribution in [2.75, 3.05) is 26.3 Å². The van der Waals surface area contributed by atoms with Gasteiger partial charge in [-0.05, 0) is 0 Å². The van der Waals surface area contributed by atoms with Gasteiger partial charge in [0.25, 0.3) is 0 Å². The molecule has 1 fully saturated rings. The summed E-state index contributed by atoms with van der Waals surface area (Å²) in [6.07, 6.45) is 3.51. The largest absolute Gasteiger partial charge is 0.379 e. The number of benzene rings is 1. The summed E-state index contributed by atoms with van der Waals surface area (Å²) < 4.78 is 7.22. The lowest BCUT2D eigenvalue weighted by atomic mass is 10.2. The fourth-order valence-electron chi connectivity index (χ4n) is 2.76. The van der Waals surface area contributed by atoms with Gasteiger partial charge >= 0.3 is 0 Å². The van der Waals surface area contributed by atoms with Crippen molar-refractivity contribution in [3.8, 4) is 11.4 Å². The highest BCUT2D eigenvalue weighted by Crippen LogP contribution is 2.19. The Morgan fingerprint density at radius 3 is 2.68 bits per heavy atom. The first-order valence-corrected chi connectivity index (χ1v) is 7.45. The molecule has 2 aromatic heterocycles. The molecule has 22 heavy (non-hydrogen) atoms. The first-order valence-electron chi connectivity index (χ1n) is 7.45. The summed E-state index contributed by atoms with van der Waals surface area (Å²) in [7, 11) is 0. The van der Waals surface area contributed by atoms with Crippen LogP contribution in [-0.2, 0) is 11.3 Å². The lowest BCUT2D eigenvalue weighted by molar-refractivity contribution is 0.0342. The molecule has 6 heteroatoms. The van der Waals surface area contributed by atoms with Crippen molar-refractivity contribution in [3.05, 3.63) is 48.4 Å². The third kappa shape index (κ3) is 2.47. The maximum Gasteiger partial charge on any atom is 0.163 e. The van der Waals surface area contributed by atoms with Gasteiger partial charge in [0, 0.05) is 37.0 Å². The first-order chi connectivity index (χ1) is 10.9. The smallest absolute Gasteiger partial charge is 0.163 e. The van der Waals surface area contributed by atoms with E-state index in [1.54, 1.807) is 6.33 Å². The summed E-state index contributed by atoms with van der Waals surface area (Å²) in [5.41, 5.74) is 3.01. The molecule has 0 atom stereocenters. The second-order valence-electron chi connectivity index (χ2n) is 5.36. The van der Waals surface area contributed by atoms with Crippen molar-refractivity contribution in [1.29, 1.82) is 0 Å². The molecule has 1 aliphatic rings. The van der Waals surface area contributed by atoms with E-state index in [1.165, 1.54) is 0 Å². The van der Waals surface area contributed by atoms with Gasteiger partial charge < -0.3 is 4.74 Å². The normalized spacial score (nSPS) is 16.2. The molecule has 3 aromatic rings. The molecule has 0 amide bonds. The van der Waals surface area contributed by atoms with Crippen molar-refractivity contribution < 1.29 is 4.74 Å². The Balaban J connectivity index is 1.71. The number of hydrogen-bond acceptors (Lipinski definition) is 5. The minimum atomic E-state index is 0.790. The minimum Gasteiger partial charge on any atom is -0.379 e. The predicted molar refractivity (Wildman–Crippen MR) is 82.3 cm³/mol. The number of rotatable bonds is 3. The van der Waals surface area contributed by atoms with Crippen molar-refractivity contribution in [2.24, 2.45) is 0 Å². The number of hydrogen-bond donors (Lipinski definition) is 0. The summed E-state index contributed by atoms with van der Waals surface area (Å²) in [5.74, 6) is 0.818. The highest BCUT2D eigenvalue weighted by molar-refractivity contribution is 5.60. The van der Waals surface area contributed by atoms with Crippen LogP contribution >= 0.6 is 0 Å². The molecule has 0 N–H and O–H groups in total. The molecule has 0 radical (unpaired) electrons. The standard InChI is InChI=1S/C16H17N5O/c1-2-4-13(5-3-1)15-17-10-14(16-18-12-19-21(15)16)11-20-6-8-22-9-7-20/h1-5,10,12H,6-9,11H2. The fraction of sp³-hybridized carbons (Fsp3) is 0.312. The SMILES string of the molecule is c1ccc(-c2ncc(CN3CCOCC3)c3ncnn23)cc1. The molecule has 1 aromatic carbocycles. The lowest BCUT2D eigenvalue weighted by Gasteiger charge is -2.26. The van der Waals surface area contributed by atoms with Crippen LogP contribution in [0, 0.1) is 0 Å². The van der Waals surface area contributed by atoms with E-state index in [4.69, 9.17) is 4.74 Å². The van der Waals surface area contributed by atoms with E-state index in [0.29, 0.717) is 0 Å². The van der Waals surface area contributed by atoms with Gasteiger partial charge in [-0.3, -0.25) is 4.90 Å². The molecular weight excluding hydrogens is 278 g/mol. The molecule has 6 nitrogen and oxygen atoms in total. The van der Waals surface area contributed by atoms with Gasteiger partial charge in [-0.1, -0.05) is 30.3 Å². The minimum absolute atomic E-state index is 0.790. The Morgan fingerprint density at radius 1 is 1.05 bits per heavy atom. The molecule has 0 unspecified atom stereocenters. The van der Waals surface area contributed by atoms with Crippen LogP contribution < -0.4 is 0 Å². The highest BCUT2D eigenvalue weighted by atomic mass is 16.5. The van der Waals surface area contributed by atoms with E-state index < -0.39 is 0 Å². The maximum absolute atomic E-state index is 5.40. The molecule has 0 aliphatic carbocycles. The van der Waals surface area contributed by atoms with Gasteiger partial charge in [0.05, 0.1) is 13.2 Å². The second kappa shape index (κ2) is 5.82. The monoisotopic (exact) mass is 295 g/mol. The average Bonchev–Trinajstić information content (AvgIpc) is 3.07. The lowest BCUT2D eigenvalue weighted by Crippen LogP contribution is -2.35. The molecule has 0 saturated carbocycles. The van der Waals surface area contributed by atoms with Gasteiger partial charge in [-0.25, -0.2) is 9.97 Å². The molecule has 1 saturated heterocycles. The number of aromatic nitrogens is 4. The van der Waals surface area contributed by atoms with E-state index in [0.717, 1.165) is 55.4 Å². The average molecular weight is 295 g/mol. The maximum atomic E-state index is 5.40. The Morgan fingerprint density at radius 2 is 1.86 bits per heavy atom. The molecule has 4 rings (SSSR count). The van der Waals surface area contributed by atoms with Crippen LogP contribution in [0.5, 0.6) is 0 Å². The van der Waals surface area contributed by atoms with Crippen LogP contribution in [0.25, 0.3) is 17.0 Å². The molecule has 0 bridgehead atoms. The molecule has 3 heterocycles. The third-order valence-electron chi connectivity index (χ3n) is 3.91. The van der Waals surface area contributed by atoms with Crippen LogP contribution in [-0.4, -0.2) is 50.8 Å². The second-order valence-corrected chi connectivity index (χ2v) is 5.36. The Kier molecular flexibility index (Phi) is 3.54. The van der Waals surface area contributed by atoms with Gasteiger partial charge in [-0.15, -0.1) is 0 Å². The van der Waals surface area contributed by atoms with E-state index in [1.807, 2.05) is 41.0 Å². The van der Waals surface area contributed by atoms with Crippen LogP contribution in [0.1, 0.15) is 5.56 Å². The number of nitrogens with zero attached hydrogens (tertiary/aromatic N) is 5. The molecular formula is C16H17N5O.